The fourth-order valence-electron chi connectivity index (χ4n) is 1.12. The standard InChI is InChI=1S/C10H20N4O4/c1-6(9(16)13-3-4-18-2)14-10(17)7(11)5-8(12)15/h6-7H,3-5,11H2,1-2H3,(H2,12,15)(H,13,16)(H,14,17). The number of nitrogens with two attached hydrogens (primary N) is 2. The van der Waals surface area contributed by atoms with E-state index in [0.717, 1.165) is 0 Å². The van der Waals surface area contributed by atoms with Gasteiger partial charge in [-0.25, -0.2) is 0 Å². The van der Waals surface area contributed by atoms with E-state index >= 15 is 0 Å². The molecule has 0 aliphatic carbocycles. The summed E-state index contributed by atoms with van der Waals surface area (Å²) in [5, 5.41) is 4.94. The normalized spacial score (nSPS) is 13.5. The molecule has 0 heterocycles. The molecular weight excluding hydrogens is 240 g/mol. The Kier molecular flexibility index (Phi) is 7.64. The van der Waals surface area contributed by atoms with Crippen LogP contribution in [0.2, 0.25) is 0 Å². The minimum atomic E-state index is -1.04. The van der Waals surface area contributed by atoms with Gasteiger partial charge in [0.05, 0.1) is 19.1 Å². The first-order valence-electron chi connectivity index (χ1n) is 5.49. The van der Waals surface area contributed by atoms with Crippen molar-refractivity contribution in [1.82, 2.24) is 10.6 Å². The number of nitrogens with one attached hydrogen (secondary N) is 2. The number of methoxy groups -OCH3 is 1. The summed E-state index contributed by atoms with van der Waals surface area (Å²) in [4.78, 5) is 33.5. The molecule has 0 aromatic heterocycles. The van der Waals surface area contributed by atoms with Crippen molar-refractivity contribution in [3.05, 3.63) is 0 Å². The molecule has 3 amide bonds. The third-order valence-electron chi connectivity index (χ3n) is 2.12. The molecule has 2 unspecified atom stereocenters. The SMILES string of the molecule is COCCNC(=O)C(C)NC(=O)C(N)CC(N)=O. The Bertz CT molecular complexity index is 308. The molecule has 0 aliphatic heterocycles. The van der Waals surface area contributed by atoms with Gasteiger partial charge in [-0.15, -0.1) is 0 Å². The lowest BCUT2D eigenvalue weighted by molar-refractivity contribution is -0.130. The molecule has 8 nitrogen and oxygen atoms in total. The van der Waals surface area contributed by atoms with Gasteiger partial charge >= 0.3 is 0 Å². The van der Waals surface area contributed by atoms with Gasteiger partial charge in [-0.2, -0.15) is 0 Å². The molecule has 0 saturated carbocycles. The van der Waals surface area contributed by atoms with Crippen LogP contribution < -0.4 is 22.1 Å². The molecule has 0 aliphatic rings. The van der Waals surface area contributed by atoms with E-state index in [4.69, 9.17) is 16.2 Å². The molecule has 0 aromatic carbocycles. The van der Waals surface area contributed by atoms with Crippen molar-refractivity contribution < 1.29 is 19.1 Å². The molecule has 0 aromatic rings. The van der Waals surface area contributed by atoms with Crippen LogP contribution in [0.15, 0.2) is 0 Å². The van der Waals surface area contributed by atoms with Gasteiger partial charge in [0.2, 0.25) is 17.7 Å². The minimum Gasteiger partial charge on any atom is -0.383 e. The summed E-state index contributed by atoms with van der Waals surface area (Å²) in [6, 6.07) is -1.79. The van der Waals surface area contributed by atoms with Crippen molar-refractivity contribution in [2.45, 2.75) is 25.4 Å². The van der Waals surface area contributed by atoms with Crippen LogP contribution in [-0.4, -0.2) is 50.1 Å². The van der Waals surface area contributed by atoms with Gasteiger partial charge in [0.25, 0.3) is 0 Å². The van der Waals surface area contributed by atoms with E-state index in [2.05, 4.69) is 10.6 Å². The molecule has 0 spiro atoms. The number of carbonyl (C=O) groups excluding carboxylic acids is 3. The third-order valence-corrected chi connectivity index (χ3v) is 2.12. The first kappa shape index (κ1) is 16.3. The van der Waals surface area contributed by atoms with Gasteiger partial charge in [-0.1, -0.05) is 0 Å². The lowest BCUT2D eigenvalue weighted by Gasteiger charge is -2.16. The van der Waals surface area contributed by atoms with E-state index in [1.165, 1.54) is 14.0 Å². The second-order valence-corrected chi connectivity index (χ2v) is 3.79. The number of hydrogen-bond acceptors (Lipinski definition) is 5. The number of primary amides is 1. The Labute approximate surface area is 105 Å². The van der Waals surface area contributed by atoms with Crippen LogP contribution in [0.5, 0.6) is 0 Å². The average Bonchev–Trinajstić information content (AvgIpc) is 2.28. The van der Waals surface area contributed by atoms with Gasteiger partial charge in [-0.05, 0) is 6.92 Å². The average molecular weight is 260 g/mol. The van der Waals surface area contributed by atoms with Crippen LogP contribution in [0.4, 0.5) is 0 Å². The maximum absolute atomic E-state index is 11.5. The second kappa shape index (κ2) is 8.43. The maximum Gasteiger partial charge on any atom is 0.242 e. The van der Waals surface area contributed by atoms with Crippen LogP contribution in [0.25, 0.3) is 0 Å². The van der Waals surface area contributed by atoms with E-state index in [-0.39, 0.29) is 12.3 Å². The fourth-order valence-corrected chi connectivity index (χ4v) is 1.12. The van der Waals surface area contributed by atoms with E-state index in [9.17, 15) is 14.4 Å². The summed E-state index contributed by atoms with van der Waals surface area (Å²) in [5.41, 5.74) is 10.3. The monoisotopic (exact) mass is 260 g/mol. The Morgan fingerprint density at radius 3 is 2.39 bits per heavy atom. The summed E-state index contributed by atoms with van der Waals surface area (Å²) < 4.78 is 4.76. The number of amides is 3. The predicted octanol–water partition coefficient (Wildman–Crippen LogP) is -2.54. The summed E-state index contributed by atoms with van der Waals surface area (Å²) in [6.45, 7) is 2.24. The number of carbonyl (C=O) groups is 3. The molecule has 2 atom stereocenters. The minimum absolute atomic E-state index is 0.260. The predicted molar refractivity (Wildman–Crippen MR) is 64.3 cm³/mol. The van der Waals surface area contributed by atoms with Crippen LogP contribution in [0.3, 0.4) is 0 Å². The van der Waals surface area contributed by atoms with Crippen molar-refractivity contribution in [1.29, 1.82) is 0 Å². The van der Waals surface area contributed by atoms with Crippen LogP contribution >= 0.6 is 0 Å². The van der Waals surface area contributed by atoms with E-state index in [1.807, 2.05) is 0 Å². The molecule has 104 valence electrons. The topological polar surface area (TPSA) is 137 Å². The van der Waals surface area contributed by atoms with E-state index in [0.29, 0.717) is 13.2 Å². The zero-order valence-corrected chi connectivity index (χ0v) is 10.6. The molecule has 0 radical (unpaired) electrons. The maximum atomic E-state index is 11.5. The molecule has 8 heteroatoms. The highest BCUT2D eigenvalue weighted by Crippen LogP contribution is 1.90. The molecule has 0 fully saturated rings. The molecule has 0 saturated heterocycles. The second-order valence-electron chi connectivity index (χ2n) is 3.79. The van der Waals surface area contributed by atoms with Crippen molar-refractivity contribution in [2.24, 2.45) is 11.5 Å². The molecule has 0 bridgehead atoms. The van der Waals surface area contributed by atoms with Crippen molar-refractivity contribution in [3.63, 3.8) is 0 Å². The fraction of sp³-hybridized carbons (Fsp3) is 0.700. The third kappa shape index (κ3) is 6.81. The van der Waals surface area contributed by atoms with E-state index < -0.39 is 23.9 Å². The van der Waals surface area contributed by atoms with Gasteiger partial charge < -0.3 is 26.8 Å². The van der Waals surface area contributed by atoms with Gasteiger partial charge in [0.1, 0.15) is 6.04 Å². The lowest BCUT2D eigenvalue weighted by atomic mass is 10.2. The van der Waals surface area contributed by atoms with Crippen LogP contribution in [0, 0.1) is 0 Å². The van der Waals surface area contributed by atoms with Gasteiger partial charge in [-0.3, -0.25) is 14.4 Å². The van der Waals surface area contributed by atoms with Crippen LogP contribution in [0.1, 0.15) is 13.3 Å². The summed E-state index contributed by atoms with van der Waals surface area (Å²) in [7, 11) is 1.51. The molecule has 0 rings (SSSR count). The van der Waals surface area contributed by atoms with Crippen LogP contribution in [-0.2, 0) is 19.1 Å². The highest BCUT2D eigenvalue weighted by atomic mass is 16.5. The Balaban J connectivity index is 4.05. The summed E-state index contributed by atoms with van der Waals surface area (Å²) >= 11 is 0. The first-order valence-corrected chi connectivity index (χ1v) is 5.49. The quantitative estimate of drug-likeness (QED) is 0.356. The van der Waals surface area contributed by atoms with E-state index in [1.54, 1.807) is 0 Å². The summed E-state index contributed by atoms with van der Waals surface area (Å²) in [5.74, 6) is -1.62. The Hall–Kier alpha value is -1.67. The zero-order valence-electron chi connectivity index (χ0n) is 10.6. The molecule has 18 heavy (non-hydrogen) atoms. The lowest BCUT2D eigenvalue weighted by Crippen LogP contribution is -2.51. The largest absolute Gasteiger partial charge is 0.383 e. The smallest absolute Gasteiger partial charge is 0.242 e. The zero-order chi connectivity index (χ0) is 14.1. The van der Waals surface area contributed by atoms with Crippen molar-refractivity contribution >= 4 is 17.7 Å². The molecular formula is C10H20N4O4. The van der Waals surface area contributed by atoms with Gasteiger partial charge in [0.15, 0.2) is 0 Å². The van der Waals surface area contributed by atoms with Crippen molar-refractivity contribution in [3.8, 4) is 0 Å². The van der Waals surface area contributed by atoms with Crippen molar-refractivity contribution in [2.75, 3.05) is 20.3 Å². The van der Waals surface area contributed by atoms with Gasteiger partial charge in [0, 0.05) is 13.7 Å². The number of rotatable bonds is 8. The molecule has 6 N–H and O–H groups in total. The number of hydrogen-bond donors (Lipinski definition) is 4. The first-order chi connectivity index (χ1) is 8.38. The highest BCUT2D eigenvalue weighted by molar-refractivity contribution is 5.91. The Morgan fingerprint density at radius 1 is 1.28 bits per heavy atom. The summed E-state index contributed by atoms with van der Waals surface area (Å²) in [6.07, 6.45) is -0.260. The highest BCUT2D eigenvalue weighted by Gasteiger charge is 2.20. The number of ether oxygens (including phenoxy) is 1. The Morgan fingerprint density at radius 2 is 1.89 bits per heavy atom.